The molecule has 17 heavy (non-hydrogen) atoms. The molecule has 1 saturated heterocycles. The molecule has 2 aliphatic rings. The largest absolute Gasteiger partial charge is 0.376 e. The molecule has 2 rings (SSSR count). The van der Waals surface area contributed by atoms with Gasteiger partial charge in [-0.2, -0.15) is 0 Å². The van der Waals surface area contributed by atoms with Crippen LogP contribution in [0, 0.1) is 0 Å². The van der Waals surface area contributed by atoms with Crippen LogP contribution in [0.15, 0.2) is 0 Å². The summed E-state index contributed by atoms with van der Waals surface area (Å²) in [5.41, 5.74) is 6.07. The number of rotatable bonds is 2. The van der Waals surface area contributed by atoms with Gasteiger partial charge in [0.25, 0.3) is 5.91 Å². The van der Waals surface area contributed by atoms with Crippen molar-refractivity contribution < 1.29 is 14.3 Å². The summed E-state index contributed by atoms with van der Waals surface area (Å²) >= 11 is 0. The Hall–Kier alpha value is -0.650. The van der Waals surface area contributed by atoms with E-state index in [1.54, 1.807) is 0 Å². The average molecular weight is 242 g/mol. The van der Waals surface area contributed by atoms with Crippen LogP contribution < -0.4 is 11.1 Å². The van der Waals surface area contributed by atoms with Crippen molar-refractivity contribution in [2.24, 2.45) is 5.73 Å². The maximum Gasteiger partial charge on any atom is 0.251 e. The Morgan fingerprint density at radius 1 is 1.18 bits per heavy atom. The van der Waals surface area contributed by atoms with Gasteiger partial charge in [-0.15, -0.1) is 0 Å². The minimum atomic E-state index is -0.459. The summed E-state index contributed by atoms with van der Waals surface area (Å²) in [5.74, 6) is -0.0768. The number of hydrogen-bond acceptors (Lipinski definition) is 4. The van der Waals surface area contributed by atoms with Crippen LogP contribution in [0.25, 0.3) is 0 Å². The monoisotopic (exact) mass is 242 g/mol. The van der Waals surface area contributed by atoms with E-state index in [1.165, 1.54) is 6.42 Å². The van der Waals surface area contributed by atoms with Crippen LogP contribution >= 0.6 is 0 Å². The first-order valence-corrected chi connectivity index (χ1v) is 6.52. The molecular weight excluding hydrogens is 220 g/mol. The number of ether oxygens (including phenoxy) is 2. The van der Waals surface area contributed by atoms with E-state index < -0.39 is 6.10 Å². The highest BCUT2D eigenvalue weighted by molar-refractivity contribution is 5.81. The summed E-state index contributed by atoms with van der Waals surface area (Å²) in [6.45, 7) is 1.43. The lowest BCUT2D eigenvalue weighted by atomic mass is 10.0. The van der Waals surface area contributed by atoms with Crippen molar-refractivity contribution in [2.75, 3.05) is 19.8 Å². The Labute approximate surface area is 102 Å². The molecule has 2 fully saturated rings. The number of nitrogens with one attached hydrogen (secondary N) is 1. The Balaban J connectivity index is 1.83. The fourth-order valence-electron chi connectivity index (χ4n) is 2.43. The third-order valence-electron chi connectivity index (χ3n) is 3.51. The van der Waals surface area contributed by atoms with E-state index in [-0.39, 0.29) is 18.0 Å². The van der Waals surface area contributed by atoms with E-state index in [0.717, 1.165) is 25.7 Å². The second kappa shape index (κ2) is 6.33. The van der Waals surface area contributed by atoms with Gasteiger partial charge in [-0.1, -0.05) is 19.3 Å². The van der Waals surface area contributed by atoms with Crippen molar-refractivity contribution in [2.45, 2.75) is 50.3 Å². The standard InChI is InChI=1S/C12H22N2O3/c13-9-4-2-1-3-5-10(9)14-12(15)11-8-16-6-7-17-11/h9-11H,1-8,13H2,(H,14,15). The third-order valence-corrected chi connectivity index (χ3v) is 3.51. The Bertz CT molecular complexity index is 254. The van der Waals surface area contributed by atoms with Crippen molar-refractivity contribution in [1.82, 2.24) is 5.32 Å². The lowest BCUT2D eigenvalue weighted by Crippen LogP contribution is -2.52. The second-order valence-corrected chi connectivity index (χ2v) is 4.85. The second-order valence-electron chi connectivity index (χ2n) is 4.85. The first kappa shape index (κ1) is 12.8. The molecule has 1 amide bonds. The summed E-state index contributed by atoms with van der Waals surface area (Å²) in [6, 6.07) is 0.168. The maximum atomic E-state index is 12.0. The van der Waals surface area contributed by atoms with Crippen molar-refractivity contribution in [3.8, 4) is 0 Å². The normalized spacial score (nSPS) is 35.0. The van der Waals surface area contributed by atoms with Gasteiger partial charge in [-0.05, 0) is 12.8 Å². The molecule has 0 bridgehead atoms. The molecule has 5 nitrogen and oxygen atoms in total. The van der Waals surface area contributed by atoms with Crippen LogP contribution in [0.1, 0.15) is 32.1 Å². The topological polar surface area (TPSA) is 73.6 Å². The smallest absolute Gasteiger partial charge is 0.251 e. The highest BCUT2D eigenvalue weighted by atomic mass is 16.6. The van der Waals surface area contributed by atoms with Crippen molar-refractivity contribution in [3.05, 3.63) is 0 Å². The number of carbonyl (C=O) groups is 1. The molecule has 3 unspecified atom stereocenters. The molecule has 1 saturated carbocycles. The van der Waals surface area contributed by atoms with E-state index in [9.17, 15) is 4.79 Å². The van der Waals surface area contributed by atoms with Crippen molar-refractivity contribution >= 4 is 5.91 Å². The van der Waals surface area contributed by atoms with Crippen LogP contribution in [0.3, 0.4) is 0 Å². The van der Waals surface area contributed by atoms with Gasteiger partial charge in [-0.25, -0.2) is 0 Å². The molecule has 1 aliphatic carbocycles. The number of nitrogens with two attached hydrogens (primary N) is 1. The van der Waals surface area contributed by atoms with Gasteiger partial charge < -0.3 is 20.5 Å². The molecule has 1 heterocycles. The Morgan fingerprint density at radius 3 is 2.76 bits per heavy atom. The van der Waals surface area contributed by atoms with Gasteiger partial charge in [0.1, 0.15) is 0 Å². The zero-order valence-corrected chi connectivity index (χ0v) is 10.2. The number of carbonyl (C=O) groups excluding carboxylic acids is 1. The summed E-state index contributed by atoms with van der Waals surface area (Å²) in [7, 11) is 0. The molecule has 5 heteroatoms. The molecule has 0 aromatic heterocycles. The Morgan fingerprint density at radius 2 is 2.00 bits per heavy atom. The SMILES string of the molecule is NC1CCCCCC1NC(=O)C1COCCO1. The van der Waals surface area contributed by atoms with E-state index in [4.69, 9.17) is 15.2 Å². The van der Waals surface area contributed by atoms with Gasteiger partial charge in [0.05, 0.1) is 19.8 Å². The van der Waals surface area contributed by atoms with Gasteiger partial charge in [0, 0.05) is 12.1 Å². The van der Waals surface area contributed by atoms with Crippen molar-refractivity contribution in [1.29, 1.82) is 0 Å². The summed E-state index contributed by atoms with van der Waals surface area (Å²) < 4.78 is 10.6. The molecule has 0 aromatic rings. The minimum absolute atomic E-state index is 0.0750. The first-order chi connectivity index (χ1) is 8.27. The highest BCUT2D eigenvalue weighted by Crippen LogP contribution is 2.17. The third kappa shape index (κ3) is 3.66. The van der Waals surface area contributed by atoms with E-state index >= 15 is 0 Å². The van der Waals surface area contributed by atoms with Crippen LogP contribution in [-0.2, 0) is 14.3 Å². The average Bonchev–Trinajstić information content (AvgIpc) is 2.56. The van der Waals surface area contributed by atoms with E-state index in [2.05, 4.69) is 5.32 Å². The van der Waals surface area contributed by atoms with Gasteiger partial charge in [0.15, 0.2) is 6.10 Å². The van der Waals surface area contributed by atoms with Gasteiger partial charge in [-0.3, -0.25) is 4.79 Å². The predicted octanol–water partition coefficient (Wildman–Crippen LogP) is 0.178. The zero-order chi connectivity index (χ0) is 12.1. The molecule has 1 aliphatic heterocycles. The lowest BCUT2D eigenvalue weighted by molar-refractivity contribution is -0.148. The molecule has 3 atom stereocenters. The Kier molecular flexibility index (Phi) is 4.76. The van der Waals surface area contributed by atoms with Crippen LogP contribution in [0.4, 0.5) is 0 Å². The van der Waals surface area contributed by atoms with E-state index in [1.807, 2.05) is 0 Å². The van der Waals surface area contributed by atoms with E-state index in [0.29, 0.717) is 19.8 Å². The number of hydrogen-bond donors (Lipinski definition) is 2. The minimum Gasteiger partial charge on any atom is -0.376 e. The fraction of sp³-hybridized carbons (Fsp3) is 0.917. The van der Waals surface area contributed by atoms with Gasteiger partial charge >= 0.3 is 0 Å². The highest BCUT2D eigenvalue weighted by Gasteiger charge is 2.27. The predicted molar refractivity (Wildman–Crippen MR) is 63.6 cm³/mol. The van der Waals surface area contributed by atoms with Crippen LogP contribution in [0.2, 0.25) is 0 Å². The summed E-state index contributed by atoms with van der Waals surface area (Å²) in [6.07, 6.45) is 5.02. The first-order valence-electron chi connectivity index (χ1n) is 6.52. The van der Waals surface area contributed by atoms with Crippen LogP contribution in [-0.4, -0.2) is 43.9 Å². The lowest BCUT2D eigenvalue weighted by Gasteiger charge is -2.27. The van der Waals surface area contributed by atoms with Crippen LogP contribution in [0.5, 0.6) is 0 Å². The van der Waals surface area contributed by atoms with Gasteiger partial charge in [0.2, 0.25) is 0 Å². The summed E-state index contributed by atoms with van der Waals surface area (Å²) in [4.78, 5) is 12.0. The molecule has 3 N–H and O–H groups in total. The molecule has 0 aromatic carbocycles. The summed E-state index contributed by atoms with van der Waals surface area (Å²) in [5, 5.41) is 3.01. The number of amides is 1. The maximum absolute atomic E-state index is 12.0. The zero-order valence-electron chi connectivity index (χ0n) is 10.2. The molecule has 0 spiro atoms. The van der Waals surface area contributed by atoms with Crippen molar-refractivity contribution in [3.63, 3.8) is 0 Å². The molecule has 98 valence electrons. The quantitative estimate of drug-likeness (QED) is 0.677. The molecule has 0 radical (unpaired) electrons. The molecular formula is C12H22N2O3. The fourth-order valence-corrected chi connectivity index (χ4v) is 2.43.